The molecular weight excluding hydrogens is 182 g/mol. The number of allylic oxidation sites excluding steroid dienone is 4. The molecule has 0 saturated carbocycles. The summed E-state index contributed by atoms with van der Waals surface area (Å²) in [5, 5.41) is 9.00. The third kappa shape index (κ3) is 3.91. The molecule has 0 aromatic rings. The molecule has 15 heavy (non-hydrogen) atoms. The highest BCUT2D eigenvalue weighted by Crippen LogP contribution is 2.35. The van der Waals surface area contributed by atoms with Crippen LogP contribution in [0.3, 0.4) is 0 Å². The van der Waals surface area contributed by atoms with Crippen LogP contribution in [0.2, 0.25) is 0 Å². The Morgan fingerprint density at radius 1 is 1.60 bits per heavy atom. The van der Waals surface area contributed by atoms with Crippen molar-refractivity contribution in [3.63, 3.8) is 0 Å². The molecule has 1 aliphatic rings. The number of nitriles is 1. The molecule has 1 rings (SSSR count). The fraction of sp³-hybridized carbons (Fsp3) is 0.643. The number of nitrogens with zero attached hydrogens (tertiary/aromatic N) is 1. The standard InChI is InChI=1S/C14H21N/c1-12(2)5-4-6-13-7-9-14(3,11-15)10-8-13/h5,7H,4,6,8-10H2,1-3H3. The minimum Gasteiger partial charge on any atom is -0.198 e. The van der Waals surface area contributed by atoms with E-state index in [0.717, 1.165) is 25.7 Å². The second kappa shape index (κ2) is 5.16. The van der Waals surface area contributed by atoms with Gasteiger partial charge in [-0.3, -0.25) is 0 Å². The van der Waals surface area contributed by atoms with Gasteiger partial charge in [-0.15, -0.1) is 0 Å². The van der Waals surface area contributed by atoms with Gasteiger partial charge < -0.3 is 0 Å². The van der Waals surface area contributed by atoms with Crippen molar-refractivity contribution in [3.05, 3.63) is 23.3 Å². The lowest BCUT2D eigenvalue weighted by Crippen LogP contribution is -2.16. The van der Waals surface area contributed by atoms with Crippen LogP contribution in [0.5, 0.6) is 0 Å². The molecule has 0 aromatic carbocycles. The SMILES string of the molecule is CC(C)=CCCC1=CCC(C)(C#N)CC1. The fourth-order valence-electron chi connectivity index (χ4n) is 1.89. The Morgan fingerprint density at radius 2 is 2.33 bits per heavy atom. The smallest absolute Gasteiger partial charge is 0.0690 e. The summed E-state index contributed by atoms with van der Waals surface area (Å²) < 4.78 is 0. The summed E-state index contributed by atoms with van der Waals surface area (Å²) in [6.45, 7) is 6.35. The Hall–Kier alpha value is -1.03. The molecule has 0 aromatic heterocycles. The van der Waals surface area contributed by atoms with E-state index in [9.17, 15) is 0 Å². The van der Waals surface area contributed by atoms with E-state index >= 15 is 0 Å². The molecule has 0 heterocycles. The van der Waals surface area contributed by atoms with E-state index < -0.39 is 0 Å². The lowest BCUT2D eigenvalue weighted by atomic mass is 9.77. The Kier molecular flexibility index (Phi) is 4.15. The summed E-state index contributed by atoms with van der Waals surface area (Å²) in [6.07, 6.45) is 9.98. The molecule has 0 radical (unpaired) electrons. The van der Waals surface area contributed by atoms with Crippen molar-refractivity contribution in [3.8, 4) is 6.07 Å². The van der Waals surface area contributed by atoms with Crippen molar-refractivity contribution < 1.29 is 0 Å². The van der Waals surface area contributed by atoms with Gasteiger partial charge in [0.15, 0.2) is 0 Å². The van der Waals surface area contributed by atoms with Gasteiger partial charge in [-0.05, 0) is 52.9 Å². The van der Waals surface area contributed by atoms with Crippen molar-refractivity contribution in [2.75, 3.05) is 0 Å². The zero-order valence-electron chi connectivity index (χ0n) is 10.1. The maximum atomic E-state index is 9.00. The summed E-state index contributed by atoms with van der Waals surface area (Å²) in [4.78, 5) is 0. The fourth-order valence-corrected chi connectivity index (χ4v) is 1.89. The van der Waals surface area contributed by atoms with Gasteiger partial charge in [0.05, 0.1) is 11.5 Å². The van der Waals surface area contributed by atoms with Crippen LogP contribution in [-0.2, 0) is 0 Å². The van der Waals surface area contributed by atoms with E-state index in [1.165, 1.54) is 12.0 Å². The minimum atomic E-state index is -0.0972. The predicted molar refractivity (Wildman–Crippen MR) is 64.3 cm³/mol. The first-order valence-electron chi connectivity index (χ1n) is 5.78. The van der Waals surface area contributed by atoms with Gasteiger partial charge >= 0.3 is 0 Å². The van der Waals surface area contributed by atoms with Gasteiger partial charge in [0.25, 0.3) is 0 Å². The number of rotatable bonds is 3. The molecule has 0 saturated heterocycles. The molecule has 1 aliphatic carbocycles. The average molecular weight is 203 g/mol. The molecule has 1 heteroatoms. The van der Waals surface area contributed by atoms with Crippen LogP contribution in [0.1, 0.15) is 52.9 Å². The molecule has 1 atom stereocenters. The van der Waals surface area contributed by atoms with E-state index in [0.29, 0.717) is 0 Å². The van der Waals surface area contributed by atoms with Crippen LogP contribution in [0.15, 0.2) is 23.3 Å². The molecule has 0 amide bonds. The van der Waals surface area contributed by atoms with E-state index in [2.05, 4.69) is 39.0 Å². The van der Waals surface area contributed by atoms with E-state index in [1.54, 1.807) is 5.57 Å². The van der Waals surface area contributed by atoms with Gasteiger partial charge in [0, 0.05) is 0 Å². The number of hydrogen-bond acceptors (Lipinski definition) is 1. The van der Waals surface area contributed by atoms with Gasteiger partial charge in [-0.2, -0.15) is 5.26 Å². The average Bonchev–Trinajstić information content (AvgIpc) is 2.21. The largest absolute Gasteiger partial charge is 0.198 e. The summed E-state index contributed by atoms with van der Waals surface area (Å²) in [7, 11) is 0. The van der Waals surface area contributed by atoms with E-state index in [1.807, 2.05) is 0 Å². The van der Waals surface area contributed by atoms with Crippen LogP contribution < -0.4 is 0 Å². The molecule has 1 unspecified atom stereocenters. The van der Waals surface area contributed by atoms with Crippen LogP contribution >= 0.6 is 0 Å². The molecule has 0 spiro atoms. The van der Waals surface area contributed by atoms with Crippen molar-refractivity contribution in [2.45, 2.75) is 52.9 Å². The van der Waals surface area contributed by atoms with Crippen LogP contribution in [-0.4, -0.2) is 0 Å². The van der Waals surface area contributed by atoms with Gasteiger partial charge in [-0.25, -0.2) is 0 Å². The Labute approximate surface area is 93.5 Å². The second-order valence-electron chi connectivity index (χ2n) is 5.06. The van der Waals surface area contributed by atoms with Gasteiger partial charge in [-0.1, -0.05) is 23.3 Å². The molecular formula is C14H21N. The molecule has 0 aliphatic heterocycles. The van der Waals surface area contributed by atoms with E-state index in [4.69, 9.17) is 5.26 Å². The van der Waals surface area contributed by atoms with Gasteiger partial charge in [0.2, 0.25) is 0 Å². The molecule has 1 nitrogen and oxygen atoms in total. The summed E-state index contributed by atoms with van der Waals surface area (Å²) >= 11 is 0. The quantitative estimate of drug-likeness (QED) is 0.625. The lowest BCUT2D eigenvalue weighted by Gasteiger charge is -2.25. The van der Waals surface area contributed by atoms with Crippen LogP contribution in [0, 0.1) is 16.7 Å². The Morgan fingerprint density at radius 3 is 2.80 bits per heavy atom. The highest BCUT2D eigenvalue weighted by molar-refractivity contribution is 5.14. The van der Waals surface area contributed by atoms with Gasteiger partial charge in [0.1, 0.15) is 0 Å². The molecule has 0 fully saturated rings. The van der Waals surface area contributed by atoms with E-state index in [-0.39, 0.29) is 5.41 Å². The molecule has 82 valence electrons. The maximum absolute atomic E-state index is 9.00. The zero-order chi connectivity index (χ0) is 11.3. The summed E-state index contributed by atoms with van der Waals surface area (Å²) in [5.74, 6) is 0. The first kappa shape index (κ1) is 12.0. The van der Waals surface area contributed by atoms with Crippen molar-refractivity contribution in [2.24, 2.45) is 5.41 Å². The topological polar surface area (TPSA) is 23.8 Å². The Bertz CT molecular complexity index is 313. The zero-order valence-corrected chi connectivity index (χ0v) is 10.1. The number of hydrogen-bond donors (Lipinski definition) is 0. The first-order chi connectivity index (χ1) is 7.06. The molecule has 0 N–H and O–H groups in total. The normalized spacial score (nSPS) is 25.3. The third-order valence-corrected chi connectivity index (χ3v) is 3.13. The van der Waals surface area contributed by atoms with Crippen LogP contribution in [0.25, 0.3) is 0 Å². The van der Waals surface area contributed by atoms with Crippen molar-refractivity contribution in [1.29, 1.82) is 5.26 Å². The summed E-state index contributed by atoms with van der Waals surface area (Å²) in [6, 6.07) is 2.42. The maximum Gasteiger partial charge on any atom is 0.0690 e. The highest BCUT2D eigenvalue weighted by atomic mass is 14.4. The third-order valence-electron chi connectivity index (χ3n) is 3.13. The second-order valence-corrected chi connectivity index (χ2v) is 5.06. The molecule has 0 bridgehead atoms. The first-order valence-corrected chi connectivity index (χ1v) is 5.78. The van der Waals surface area contributed by atoms with Crippen LogP contribution in [0.4, 0.5) is 0 Å². The highest BCUT2D eigenvalue weighted by Gasteiger charge is 2.25. The summed E-state index contributed by atoms with van der Waals surface area (Å²) in [5.41, 5.74) is 2.84. The lowest BCUT2D eigenvalue weighted by molar-refractivity contribution is 0.388. The van der Waals surface area contributed by atoms with Crippen molar-refractivity contribution in [1.82, 2.24) is 0 Å². The predicted octanol–water partition coefficient (Wildman–Crippen LogP) is 4.37. The monoisotopic (exact) mass is 203 g/mol. The van der Waals surface area contributed by atoms with Crippen molar-refractivity contribution >= 4 is 0 Å². The minimum absolute atomic E-state index is 0.0972. The Balaban J connectivity index is 2.42.